The molecular weight excluding hydrogens is 366 g/mol. The lowest BCUT2D eigenvalue weighted by Gasteiger charge is -2.30. The van der Waals surface area contributed by atoms with E-state index in [2.05, 4.69) is 20.2 Å². The number of fused-ring (bicyclic) bond motifs is 1. The molecule has 7 nitrogen and oxygen atoms in total. The van der Waals surface area contributed by atoms with Gasteiger partial charge in [0.1, 0.15) is 17.9 Å². The quantitative estimate of drug-likeness (QED) is 0.832. The van der Waals surface area contributed by atoms with Crippen LogP contribution in [0.15, 0.2) is 40.6 Å². The Bertz CT molecular complexity index is 960. The van der Waals surface area contributed by atoms with Gasteiger partial charge in [-0.3, -0.25) is 5.10 Å². The van der Waals surface area contributed by atoms with E-state index in [-0.39, 0.29) is 23.8 Å². The fourth-order valence-electron chi connectivity index (χ4n) is 2.89. The van der Waals surface area contributed by atoms with E-state index in [1.165, 1.54) is 17.3 Å². The van der Waals surface area contributed by atoms with E-state index >= 15 is 0 Å². The Balaban J connectivity index is 1.71. The Hall–Kier alpha value is -3.24. The number of rotatable bonds is 3. The van der Waals surface area contributed by atoms with Gasteiger partial charge in [0, 0.05) is 13.5 Å². The summed E-state index contributed by atoms with van der Waals surface area (Å²) in [7, 11) is 1.78. The van der Waals surface area contributed by atoms with Gasteiger partial charge in [-0.2, -0.15) is 23.4 Å². The lowest BCUT2D eigenvalue weighted by atomic mass is 10.0. The van der Waals surface area contributed by atoms with Gasteiger partial charge in [0.15, 0.2) is 6.17 Å². The number of hydrogen-bond acceptors (Lipinski definition) is 6. The van der Waals surface area contributed by atoms with Gasteiger partial charge in [-0.1, -0.05) is 18.2 Å². The Kier molecular flexibility index (Phi) is 3.93. The van der Waals surface area contributed by atoms with Gasteiger partial charge in [-0.15, -0.1) is 0 Å². The van der Waals surface area contributed by atoms with Crippen LogP contribution in [0.3, 0.4) is 0 Å². The van der Waals surface area contributed by atoms with Crippen LogP contribution in [0.1, 0.15) is 17.2 Å². The summed E-state index contributed by atoms with van der Waals surface area (Å²) in [4.78, 5) is 9.65. The summed E-state index contributed by atoms with van der Waals surface area (Å²) in [5.41, 5.74) is 1.04. The standard InChI is InChI=1S/C16H13F4N7/c1-26-8-21-27-7-12(13-23-15(25-24-13)16(18,19)20)22-11(14(26)27)6-9-4-2-3-5-10(9)17/h2-5,7-8,14H,6H2,1H3,(H,23,24,25). The lowest BCUT2D eigenvalue weighted by molar-refractivity contribution is -0.144. The highest BCUT2D eigenvalue weighted by atomic mass is 19.4. The van der Waals surface area contributed by atoms with Gasteiger partial charge < -0.3 is 4.90 Å². The minimum atomic E-state index is -4.64. The van der Waals surface area contributed by atoms with Crippen molar-refractivity contribution in [3.8, 4) is 0 Å². The Morgan fingerprint density at radius 3 is 2.70 bits per heavy atom. The van der Waals surface area contributed by atoms with Gasteiger partial charge >= 0.3 is 6.18 Å². The lowest BCUT2D eigenvalue weighted by Crippen LogP contribution is -2.44. The van der Waals surface area contributed by atoms with E-state index in [9.17, 15) is 17.6 Å². The topological polar surface area (TPSA) is 72.8 Å². The number of halogens is 4. The summed E-state index contributed by atoms with van der Waals surface area (Å²) in [6.07, 6.45) is -1.86. The molecule has 3 heterocycles. The molecular formula is C16H13F4N7. The molecule has 0 radical (unpaired) electrons. The zero-order chi connectivity index (χ0) is 19.2. The van der Waals surface area contributed by atoms with E-state index in [1.54, 1.807) is 36.5 Å². The number of hydrazone groups is 1. The fraction of sp³-hybridized carbons (Fsp3) is 0.250. The monoisotopic (exact) mass is 379 g/mol. The van der Waals surface area contributed by atoms with Crippen molar-refractivity contribution in [3.05, 3.63) is 53.5 Å². The Labute approximate surface area is 150 Å². The normalized spacial score (nSPS) is 19.2. The first-order chi connectivity index (χ1) is 12.8. The van der Waals surface area contributed by atoms with Crippen LogP contribution < -0.4 is 0 Å². The van der Waals surface area contributed by atoms with E-state index in [4.69, 9.17) is 0 Å². The number of aromatic nitrogens is 3. The molecule has 1 aromatic heterocycles. The molecule has 1 N–H and O–H groups in total. The summed E-state index contributed by atoms with van der Waals surface area (Å²) >= 11 is 0. The van der Waals surface area contributed by atoms with Crippen LogP contribution in [0.25, 0.3) is 5.70 Å². The third-order valence-electron chi connectivity index (χ3n) is 4.13. The van der Waals surface area contributed by atoms with Crippen molar-refractivity contribution in [2.75, 3.05) is 7.05 Å². The zero-order valence-corrected chi connectivity index (χ0v) is 13.9. The molecule has 2 aromatic rings. The van der Waals surface area contributed by atoms with E-state index in [1.807, 2.05) is 5.10 Å². The van der Waals surface area contributed by atoms with Crippen molar-refractivity contribution in [2.45, 2.75) is 18.8 Å². The Morgan fingerprint density at radius 2 is 2.00 bits per heavy atom. The van der Waals surface area contributed by atoms with Crippen LogP contribution in [0.2, 0.25) is 0 Å². The SMILES string of the molecule is CN1C=NN2C=C(c3n[nH]c(C(F)(F)F)n3)N=C(Cc3ccccc3F)C12. The zero-order valence-electron chi connectivity index (χ0n) is 13.9. The van der Waals surface area contributed by atoms with E-state index < -0.39 is 18.2 Å². The van der Waals surface area contributed by atoms with Gasteiger partial charge in [0.25, 0.3) is 0 Å². The second-order valence-corrected chi connectivity index (χ2v) is 6.04. The molecule has 0 spiro atoms. The van der Waals surface area contributed by atoms with Crippen molar-refractivity contribution in [3.63, 3.8) is 0 Å². The molecule has 0 saturated carbocycles. The molecule has 2 aliphatic rings. The average molecular weight is 379 g/mol. The summed E-state index contributed by atoms with van der Waals surface area (Å²) < 4.78 is 52.4. The second kappa shape index (κ2) is 6.18. The number of aliphatic imine (C=N–C) groups is 1. The van der Waals surface area contributed by atoms with Crippen LogP contribution in [0, 0.1) is 5.82 Å². The van der Waals surface area contributed by atoms with E-state index in [0.717, 1.165) is 0 Å². The van der Waals surface area contributed by atoms with E-state index in [0.29, 0.717) is 11.3 Å². The van der Waals surface area contributed by atoms with Gasteiger partial charge in [0.2, 0.25) is 11.6 Å². The Morgan fingerprint density at radius 1 is 1.22 bits per heavy atom. The number of H-pyrrole nitrogens is 1. The molecule has 0 aliphatic carbocycles. The highest BCUT2D eigenvalue weighted by molar-refractivity contribution is 5.98. The molecule has 1 aromatic carbocycles. The minimum absolute atomic E-state index is 0.108. The van der Waals surface area contributed by atoms with Crippen molar-refractivity contribution in [2.24, 2.45) is 10.1 Å². The van der Waals surface area contributed by atoms with Crippen molar-refractivity contribution >= 4 is 17.7 Å². The largest absolute Gasteiger partial charge is 0.451 e. The van der Waals surface area contributed by atoms with Crippen LogP contribution in [-0.4, -0.2) is 50.4 Å². The number of nitrogens with one attached hydrogen (secondary N) is 1. The van der Waals surface area contributed by atoms with Gasteiger partial charge in [-0.25, -0.2) is 19.4 Å². The molecule has 0 bridgehead atoms. The minimum Gasteiger partial charge on any atom is -0.337 e. The van der Waals surface area contributed by atoms with Crippen LogP contribution >= 0.6 is 0 Å². The highest BCUT2D eigenvalue weighted by Gasteiger charge is 2.37. The summed E-state index contributed by atoms with van der Waals surface area (Å²) in [5, 5.41) is 11.2. The number of alkyl halides is 3. The molecule has 11 heteroatoms. The predicted octanol–water partition coefficient (Wildman–Crippen LogP) is 2.48. The first kappa shape index (κ1) is 17.2. The molecule has 0 fully saturated rings. The molecule has 27 heavy (non-hydrogen) atoms. The molecule has 4 rings (SSSR count). The number of aromatic amines is 1. The maximum Gasteiger partial charge on any atom is 0.451 e. The molecule has 0 saturated heterocycles. The van der Waals surface area contributed by atoms with Crippen molar-refractivity contribution < 1.29 is 17.6 Å². The summed E-state index contributed by atoms with van der Waals surface area (Å²) in [6, 6.07) is 6.25. The fourth-order valence-corrected chi connectivity index (χ4v) is 2.89. The summed E-state index contributed by atoms with van der Waals surface area (Å²) in [5.74, 6) is -1.81. The maximum absolute atomic E-state index is 14.1. The smallest absolute Gasteiger partial charge is 0.337 e. The summed E-state index contributed by atoms with van der Waals surface area (Å²) in [6.45, 7) is 0. The number of hydrogen-bond donors (Lipinski definition) is 1. The first-order valence-electron chi connectivity index (χ1n) is 7.90. The molecule has 1 atom stereocenters. The molecule has 2 aliphatic heterocycles. The van der Waals surface area contributed by atoms with Gasteiger partial charge in [-0.05, 0) is 11.6 Å². The molecule has 140 valence electrons. The third-order valence-corrected chi connectivity index (χ3v) is 4.13. The van der Waals surface area contributed by atoms with Crippen molar-refractivity contribution in [1.82, 2.24) is 25.1 Å². The third kappa shape index (κ3) is 3.15. The molecule has 1 unspecified atom stereocenters. The number of benzene rings is 1. The van der Waals surface area contributed by atoms with Gasteiger partial charge in [0.05, 0.1) is 11.9 Å². The number of nitrogens with zero attached hydrogens (tertiary/aromatic N) is 6. The average Bonchev–Trinajstić information content (AvgIpc) is 3.24. The van der Waals surface area contributed by atoms with Crippen molar-refractivity contribution in [1.29, 1.82) is 0 Å². The second-order valence-electron chi connectivity index (χ2n) is 6.04. The maximum atomic E-state index is 14.1. The highest BCUT2D eigenvalue weighted by Crippen LogP contribution is 2.30. The molecule has 0 amide bonds. The van der Waals surface area contributed by atoms with Crippen LogP contribution in [-0.2, 0) is 12.6 Å². The van der Waals surface area contributed by atoms with Crippen LogP contribution in [0.4, 0.5) is 17.6 Å². The van der Waals surface area contributed by atoms with Crippen LogP contribution in [0.5, 0.6) is 0 Å². The predicted molar refractivity (Wildman–Crippen MR) is 88.8 cm³/mol. The first-order valence-corrected chi connectivity index (χ1v) is 7.90.